The zero-order chi connectivity index (χ0) is 39.7. The van der Waals surface area contributed by atoms with E-state index < -0.39 is 30.2 Å². The summed E-state index contributed by atoms with van der Waals surface area (Å²) in [6.07, 6.45) is 0. The van der Waals surface area contributed by atoms with Gasteiger partial charge in [-0.2, -0.15) is 0 Å². The summed E-state index contributed by atoms with van der Waals surface area (Å²) in [6.45, 7) is 8.49. The molecule has 0 fully saturated rings. The lowest BCUT2D eigenvalue weighted by Crippen LogP contribution is -2.31. The number of nitrogens with one attached hydrogen (secondary N) is 1. The normalized spacial score (nSPS) is 11.1. The topological polar surface area (TPSA) is 221 Å². The number of esters is 1. The molecule has 0 unspecified atom stereocenters. The van der Waals surface area contributed by atoms with Gasteiger partial charge in [0.25, 0.3) is 5.78 Å². The molecule has 0 aliphatic heterocycles. The first-order chi connectivity index (χ1) is 27.0. The number of carboxylic acids is 1. The summed E-state index contributed by atoms with van der Waals surface area (Å²) in [5.41, 5.74) is 0.287. The van der Waals surface area contributed by atoms with Crippen LogP contribution in [0.5, 0.6) is 0 Å². The number of carbonyl (C=O) groups excluding carboxylic acids is 3. The summed E-state index contributed by atoms with van der Waals surface area (Å²) >= 11 is 0. The van der Waals surface area contributed by atoms with Gasteiger partial charge in [0.1, 0.15) is 19.8 Å². The van der Waals surface area contributed by atoms with Crippen molar-refractivity contribution in [2.24, 2.45) is 0 Å². The van der Waals surface area contributed by atoms with Gasteiger partial charge < -0.3 is 72.0 Å². The molecule has 19 nitrogen and oxygen atoms in total. The molecule has 0 saturated carbocycles. The number of benzene rings is 1. The van der Waals surface area contributed by atoms with E-state index in [0.717, 1.165) is 0 Å². The lowest BCUT2D eigenvalue weighted by molar-refractivity contribution is -0.143. The van der Waals surface area contributed by atoms with Gasteiger partial charge in [0.05, 0.1) is 145 Å². The number of Topliss-reactive ketones (excluding diaryl/α,β-unsaturated/α-hetero) is 1. The maximum absolute atomic E-state index is 11.9. The lowest BCUT2D eigenvalue weighted by Gasteiger charge is -2.09. The van der Waals surface area contributed by atoms with Crippen molar-refractivity contribution < 1.29 is 85.9 Å². The summed E-state index contributed by atoms with van der Waals surface area (Å²) in [4.78, 5) is 45.3. The summed E-state index contributed by atoms with van der Waals surface area (Å²) < 4.78 is 69.2. The van der Waals surface area contributed by atoms with Crippen LogP contribution in [0, 0.1) is 0 Å². The molecule has 1 rings (SSSR count). The number of carboxylic acid groups (broad SMARTS) is 1. The third-order valence-electron chi connectivity index (χ3n) is 6.43. The summed E-state index contributed by atoms with van der Waals surface area (Å²) in [6, 6.07) is 8.23. The minimum Gasteiger partial charge on any atom is -0.480 e. The largest absolute Gasteiger partial charge is 0.480 e. The molecule has 2 N–H and O–H groups in total. The second-order valence-electron chi connectivity index (χ2n) is 10.8. The lowest BCUT2D eigenvalue weighted by atomic mass is 10.1. The van der Waals surface area contributed by atoms with Crippen LogP contribution in [0.15, 0.2) is 30.3 Å². The van der Waals surface area contributed by atoms with Crippen LogP contribution in [0.25, 0.3) is 0 Å². The predicted molar refractivity (Wildman–Crippen MR) is 192 cm³/mol. The van der Waals surface area contributed by atoms with Crippen LogP contribution in [0.1, 0.15) is 10.4 Å². The third-order valence-corrected chi connectivity index (χ3v) is 6.43. The standard InChI is InChI=1S/C36H59NO18/c38-33(30-54-31-34(39)40)37-6-7-43-8-9-44-10-11-45-12-13-46-14-15-47-16-17-48-18-19-49-20-21-50-22-23-51-24-25-52-26-27-53-28-29-55-36(42)35(41)32-4-2-1-3-5-32/h1-5H,6-31H2,(H,37,38)(H,39,40). The van der Waals surface area contributed by atoms with Crippen LogP contribution in [0.3, 0.4) is 0 Å². The Labute approximate surface area is 322 Å². The number of hydrogen-bond acceptors (Lipinski definition) is 17. The van der Waals surface area contributed by atoms with E-state index in [-0.39, 0.29) is 25.4 Å². The molecule has 0 saturated heterocycles. The van der Waals surface area contributed by atoms with E-state index in [1.54, 1.807) is 30.3 Å². The Morgan fingerprint density at radius 3 is 1.09 bits per heavy atom. The Bertz CT molecular complexity index is 1070. The number of amides is 1. The van der Waals surface area contributed by atoms with Crippen LogP contribution in [-0.2, 0) is 76.0 Å². The highest BCUT2D eigenvalue weighted by Crippen LogP contribution is 2.01. The van der Waals surface area contributed by atoms with E-state index in [1.165, 1.54) is 0 Å². The maximum Gasteiger partial charge on any atom is 0.379 e. The Kier molecular flexibility index (Phi) is 35.4. The smallest absolute Gasteiger partial charge is 0.379 e. The fraction of sp³-hybridized carbons (Fsp3) is 0.722. The minimum atomic E-state index is -1.13. The Morgan fingerprint density at radius 2 is 0.745 bits per heavy atom. The quantitative estimate of drug-likeness (QED) is 0.0379. The van der Waals surface area contributed by atoms with Gasteiger partial charge in [-0.1, -0.05) is 30.3 Å². The van der Waals surface area contributed by atoms with E-state index in [9.17, 15) is 19.2 Å². The fourth-order valence-corrected chi connectivity index (χ4v) is 3.81. The molecule has 0 bridgehead atoms. The summed E-state index contributed by atoms with van der Waals surface area (Å²) in [5, 5.41) is 11.0. The molecule has 0 aliphatic carbocycles. The van der Waals surface area contributed by atoms with E-state index in [0.29, 0.717) is 145 Å². The molecule has 19 heteroatoms. The van der Waals surface area contributed by atoms with Gasteiger partial charge in [-0.25, -0.2) is 9.59 Å². The first-order valence-corrected chi connectivity index (χ1v) is 18.2. The number of carbonyl (C=O) groups is 4. The van der Waals surface area contributed by atoms with Crippen LogP contribution >= 0.6 is 0 Å². The van der Waals surface area contributed by atoms with Crippen LogP contribution in [-0.4, -0.2) is 200 Å². The van der Waals surface area contributed by atoms with Crippen molar-refractivity contribution in [2.45, 2.75) is 0 Å². The molecular formula is C36H59NO18. The molecular weight excluding hydrogens is 734 g/mol. The van der Waals surface area contributed by atoms with Gasteiger partial charge in [0.15, 0.2) is 0 Å². The maximum atomic E-state index is 11.9. The van der Waals surface area contributed by atoms with Crippen LogP contribution in [0.4, 0.5) is 0 Å². The number of hydrogen-bond donors (Lipinski definition) is 2. The van der Waals surface area contributed by atoms with Crippen molar-refractivity contribution >= 4 is 23.6 Å². The molecule has 0 heterocycles. The highest BCUT2D eigenvalue weighted by atomic mass is 16.6. The number of rotatable bonds is 42. The average Bonchev–Trinajstić information content (AvgIpc) is 3.18. The summed E-state index contributed by atoms with van der Waals surface area (Å²) in [5.74, 6) is -3.13. The molecule has 1 aromatic carbocycles. The van der Waals surface area contributed by atoms with Crippen molar-refractivity contribution in [2.75, 3.05) is 172 Å². The number of ether oxygens (including phenoxy) is 13. The van der Waals surface area contributed by atoms with Crippen molar-refractivity contribution in [3.63, 3.8) is 0 Å². The monoisotopic (exact) mass is 793 g/mol. The van der Waals surface area contributed by atoms with Gasteiger partial charge in [0, 0.05) is 12.1 Å². The Hall–Kier alpha value is -3.18. The van der Waals surface area contributed by atoms with Gasteiger partial charge >= 0.3 is 11.9 Å². The molecule has 0 radical (unpaired) electrons. The zero-order valence-electron chi connectivity index (χ0n) is 31.7. The Morgan fingerprint density at radius 1 is 0.418 bits per heavy atom. The van der Waals surface area contributed by atoms with E-state index in [1.807, 2.05) is 0 Å². The van der Waals surface area contributed by atoms with Crippen LogP contribution < -0.4 is 5.32 Å². The van der Waals surface area contributed by atoms with E-state index in [2.05, 4.69) is 10.1 Å². The van der Waals surface area contributed by atoms with Crippen molar-refractivity contribution in [3.05, 3.63) is 35.9 Å². The third kappa shape index (κ3) is 35.0. The zero-order valence-corrected chi connectivity index (χ0v) is 31.7. The number of aliphatic carboxylic acids is 1. The molecule has 55 heavy (non-hydrogen) atoms. The molecule has 0 atom stereocenters. The predicted octanol–water partition coefficient (Wildman–Crippen LogP) is -0.187. The minimum absolute atomic E-state index is 0.0134. The van der Waals surface area contributed by atoms with Gasteiger partial charge in [0.2, 0.25) is 5.91 Å². The molecule has 0 spiro atoms. The fourth-order valence-electron chi connectivity index (χ4n) is 3.81. The summed E-state index contributed by atoms with van der Waals surface area (Å²) in [7, 11) is 0. The van der Waals surface area contributed by atoms with Gasteiger partial charge in [-0.15, -0.1) is 0 Å². The second kappa shape index (κ2) is 39.1. The van der Waals surface area contributed by atoms with E-state index >= 15 is 0 Å². The first-order valence-electron chi connectivity index (χ1n) is 18.2. The van der Waals surface area contributed by atoms with Crippen molar-refractivity contribution in [1.82, 2.24) is 5.32 Å². The molecule has 1 amide bonds. The van der Waals surface area contributed by atoms with E-state index in [4.69, 9.17) is 61.9 Å². The van der Waals surface area contributed by atoms with Crippen molar-refractivity contribution in [1.29, 1.82) is 0 Å². The van der Waals surface area contributed by atoms with Gasteiger partial charge in [-0.3, -0.25) is 9.59 Å². The SMILES string of the molecule is O=C(O)COCC(=O)NCCOCCOCCOCCOCCOCCOCCOCCOCCOCCOCCOCCOC(=O)C(=O)c1ccccc1. The second-order valence-corrected chi connectivity index (χ2v) is 10.8. The van der Waals surface area contributed by atoms with Crippen LogP contribution in [0.2, 0.25) is 0 Å². The highest BCUT2D eigenvalue weighted by Gasteiger charge is 2.17. The Balaban J connectivity index is 1.65. The molecule has 0 aliphatic rings. The molecule has 0 aromatic heterocycles. The first kappa shape index (κ1) is 49.8. The highest BCUT2D eigenvalue weighted by molar-refractivity contribution is 6.40. The van der Waals surface area contributed by atoms with Gasteiger partial charge in [-0.05, 0) is 0 Å². The molecule has 316 valence electrons. The van der Waals surface area contributed by atoms with Crippen molar-refractivity contribution in [3.8, 4) is 0 Å². The average molecular weight is 794 g/mol. The number of ketones is 1. The molecule has 1 aromatic rings.